The standard InChI is InChI=1S/C12H14N2O4S/c1-8-10(9-3-2-6-19-9)14(7-18-5-4-15)12(17)13-11(8)16/h2-3,6,15H,4-5,7H2,1H3,(H,13,16,17). The van der Waals surface area contributed by atoms with Gasteiger partial charge in [-0.1, -0.05) is 6.07 Å². The number of rotatable bonds is 5. The Morgan fingerprint density at radius 2 is 2.26 bits per heavy atom. The third-order valence-corrected chi connectivity index (χ3v) is 3.52. The average Bonchev–Trinajstić information content (AvgIpc) is 2.89. The molecule has 2 aromatic rings. The molecule has 0 saturated heterocycles. The van der Waals surface area contributed by atoms with E-state index in [1.807, 2.05) is 17.5 Å². The Bertz CT molecular complexity index is 657. The molecule has 0 aromatic carbocycles. The number of nitrogens with zero attached hydrogens (tertiary/aromatic N) is 1. The minimum absolute atomic E-state index is 0.00968. The predicted octanol–water partition coefficient (Wildman–Crippen LogP) is 0.540. The van der Waals surface area contributed by atoms with E-state index in [2.05, 4.69) is 4.98 Å². The van der Waals surface area contributed by atoms with E-state index in [0.717, 1.165) is 4.88 Å². The summed E-state index contributed by atoms with van der Waals surface area (Å²) >= 11 is 1.44. The predicted molar refractivity (Wildman–Crippen MR) is 72.4 cm³/mol. The van der Waals surface area contributed by atoms with Crippen molar-refractivity contribution in [2.24, 2.45) is 0 Å². The van der Waals surface area contributed by atoms with Gasteiger partial charge >= 0.3 is 5.69 Å². The molecule has 0 saturated carbocycles. The van der Waals surface area contributed by atoms with Crippen LogP contribution in [0.4, 0.5) is 0 Å². The Morgan fingerprint density at radius 3 is 2.89 bits per heavy atom. The van der Waals surface area contributed by atoms with Gasteiger partial charge in [0.15, 0.2) is 0 Å². The van der Waals surface area contributed by atoms with E-state index in [1.54, 1.807) is 6.92 Å². The maximum atomic E-state index is 11.9. The van der Waals surface area contributed by atoms with Crippen LogP contribution in [0.3, 0.4) is 0 Å². The molecule has 6 nitrogen and oxygen atoms in total. The Kier molecular flexibility index (Phi) is 4.31. The highest BCUT2D eigenvalue weighted by Crippen LogP contribution is 2.24. The minimum atomic E-state index is -0.517. The molecule has 0 bridgehead atoms. The van der Waals surface area contributed by atoms with Gasteiger partial charge in [-0.2, -0.15) is 0 Å². The van der Waals surface area contributed by atoms with Crippen LogP contribution in [0.5, 0.6) is 0 Å². The monoisotopic (exact) mass is 282 g/mol. The summed E-state index contributed by atoms with van der Waals surface area (Å²) < 4.78 is 6.54. The van der Waals surface area contributed by atoms with Gasteiger partial charge < -0.3 is 9.84 Å². The van der Waals surface area contributed by atoms with Crippen molar-refractivity contribution in [1.82, 2.24) is 9.55 Å². The second-order valence-corrected chi connectivity index (χ2v) is 4.85. The highest BCUT2D eigenvalue weighted by atomic mass is 32.1. The van der Waals surface area contributed by atoms with Crippen LogP contribution in [0, 0.1) is 6.92 Å². The van der Waals surface area contributed by atoms with Crippen LogP contribution in [0.2, 0.25) is 0 Å². The van der Waals surface area contributed by atoms with Gasteiger partial charge in [0, 0.05) is 5.56 Å². The SMILES string of the molecule is Cc1c(-c2cccs2)n(COCCO)c(=O)[nH]c1=O. The minimum Gasteiger partial charge on any atom is -0.394 e. The molecule has 0 fully saturated rings. The first-order valence-corrected chi connectivity index (χ1v) is 6.59. The lowest BCUT2D eigenvalue weighted by Gasteiger charge is -2.13. The first-order valence-electron chi connectivity index (χ1n) is 5.71. The van der Waals surface area contributed by atoms with E-state index in [-0.39, 0.29) is 19.9 Å². The van der Waals surface area contributed by atoms with Crippen LogP contribution >= 0.6 is 11.3 Å². The van der Waals surface area contributed by atoms with Gasteiger partial charge in [0.05, 0.1) is 23.8 Å². The van der Waals surface area contributed by atoms with Gasteiger partial charge in [0.25, 0.3) is 5.56 Å². The average molecular weight is 282 g/mol. The fourth-order valence-electron chi connectivity index (χ4n) is 1.74. The summed E-state index contributed by atoms with van der Waals surface area (Å²) in [6.07, 6.45) is 0. The van der Waals surface area contributed by atoms with Crippen molar-refractivity contribution >= 4 is 11.3 Å². The topological polar surface area (TPSA) is 84.3 Å². The molecule has 2 aromatic heterocycles. The van der Waals surface area contributed by atoms with Gasteiger partial charge in [-0.3, -0.25) is 14.3 Å². The van der Waals surface area contributed by atoms with Crippen molar-refractivity contribution in [3.05, 3.63) is 43.9 Å². The van der Waals surface area contributed by atoms with Crippen molar-refractivity contribution < 1.29 is 9.84 Å². The Hall–Kier alpha value is -1.70. The number of hydrogen-bond donors (Lipinski definition) is 2. The van der Waals surface area contributed by atoms with Gasteiger partial charge in [-0.15, -0.1) is 11.3 Å². The fraction of sp³-hybridized carbons (Fsp3) is 0.333. The number of aromatic nitrogens is 2. The van der Waals surface area contributed by atoms with Crippen LogP contribution < -0.4 is 11.2 Å². The zero-order chi connectivity index (χ0) is 13.8. The number of aliphatic hydroxyl groups is 1. The van der Waals surface area contributed by atoms with Crippen molar-refractivity contribution in [1.29, 1.82) is 0 Å². The van der Waals surface area contributed by atoms with E-state index in [1.165, 1.54) is 15.9 Å². The largest absolute Gasteiger partial charge is 0.394 e. The first-order chi connectivity index (χ1) is 9.15. The van der Waals surface area contributed by atoms with Gasteiger partial charge in [-0.05, 0) is 18.4 Å². The molecule has 0 radical (unpaired) electrons. The second-order valence-electron chi connectivity index (χ2n) is 3.90. The number of nitrogens with one attached hydrogen (secondary N) is 1. The Morgan fingerprint density at radius 1 is 1.47 bits per heavy atom. The molecule has 0 amide bonds. The summed E-state index contributed by atoms with van der Waals surface area (Å²) in [6, 6.07) is 3.69. The van der Waals surface area contributed by atoms with E-state index in [9.17, 15) is 9.59 Å². The summed E-state index contributed by atoms with van der Waals surface area (Å²) in [5, 5.41) is 10.6. The molecule has 0 aliphatic carbocycles. The quantitative estimate of drug-likeness (QED) is 0.784. The molecule has 2 rings (SSSR count). The van der Waals surface area contributed by atoms with E-state index in [0.29, 0.717) is 11.3 Å². The lowest BCUT2D eigenvalue weighted by Crippen LogP contribution is -2.33. The smallest absolute Gasteiger partial charge is 0.330 e. The summed E-state index contributed by atoms with van der Waals surface area (Å²) in [7, 11) is 0. The van der Waals surface area contributed by atoms with Crippen LogP contribution in [-0.4, -0.2) is 27.9 Å². The Balaban J connectivity index is 2.54. The molecular formula is C12H14N2O4S. The van der Waals surface area contributed by atoms with Crippen molar-refractivity contribution in [2.75, 3.05) is 13.2 Å². The highest BCUT2D eigenvalue weighted by molar-refractivity contribution is 7.13. The molecule has 0 atom stereocenters. The number of aliphatic hydroxyl groups excluding tert-OH is 1. The van der Waals surface area contributed by atoms with E-state index < -0.39 is 11.2 Å². The van der Waals surface area contributed by atoms with Crippen LogP contribution in [-0.2, 0) is 11.5 Å². The molecule has 102 valence electrons. The summed E-state index contributed by atoms with van der Waals surface area (Å²) in [5.74, 6) is 0. The number of hydrogen-bond acceptors (Lipinski definition) is 5. The van der Waals surface area contributed by atoms with Crippen molar-refractivity contribution in [3.63, 3.8) is 0 Å². The van der Waals surface area contributed by atoms with Crippen LogP contribution in [0.1, 0.15) is 5.56 Å². The first kappa shape index (κ1) is 13.7. The second kappa shape index (κ2) is 5.96. The van der Waals surface area contributed by atoms with Crippen LogP contribution in [0.25, 0.3) is 10.6 Å². The molecule has 2 heterocycles. The van der Waals surface area contributed by atoms with E-state index in [4.69, 9.17) is 9.84 Å². The molecule has 19 heavy (non-hydrogen) atoms. The van der Waals surface area contributed by atoms with Crippen LogP contribution in [0.15, 0.2) is 27.1 Å². The zero-order valence-electron chi connectivity index (χ0n) is 10.4. The number of ether oxygens (including phenoxy) is 1. The molecule has 7 heteroatoms. The zero-order valence-corrected chi connectivity index (χ0v) is 11.2. The lowest BCUT2D eigenvalue weighted by molar-refractivity contribution is 0.0465. The lowest BCUT2D eigenvalue weighted by atomic mass is 10.2. The molecule has 0 unspecified atom stereocenters. The fourth-order valence-corrected chi connectivity index (χ4v) is 2.58. The summed E-state index contributed by atoms with van der Waals surface area (Å²) in [6.45, 7) is 1.67. The van der Waals surface area contributed by atoms with Gasteiger partial charge in [0.2, 0.25) is 0 Å². The number of H-pyrrole nitrogens is 1. The Labute approximate surface area is 112 Å². The third-order valence-electron chi connectivity index (χ3n) is 2.64. The highest BCUT2D eigenvalue weighted by Gasteiger charge is 2.14. The molecular weight excluding hydrogens is 268 g/mol. The molecule has 0 aliphatic rings. The van der Waals surface area contributed by atoms with Crippen molar-refractivity contribution in [2.45, 2.75) is 13.7 Å². The van der Waals surface area contributed by atoms with Gasteiger partial charge in [0.1, 0.15) is 6.73 Å². The van der Waals surface area contributed by atoms with Gasteiger partial charge in [-0.25, -0.2) is 4.79 Å². The van der Waals surface area contributed by atoms with E-state index >= 15 is 0 Å². The summed E-state index contributed by atoms with van der Waals surface area (Å²) in [4.78, 5) is 26.6. The normalized spacial score (nSPS) is 10.8. The summed E-state index contributed by atoms with van der Waals surface area (Å²) in [5.41, 5.74) is 0.111. The number of thiophene rings is 1. The molecule has 0 aliphatic heterocycles. The molecule has 0 spiro atoms. The maximum absolute atomic E-state index is 11.9. The number of aromatic amines is 1. The third kappa shape index (κ3) is 2.83. The van der Waals surface area contributed by atoms with Crippen molar-refractivity contribution in [3.8, 4) is 10.6 Å². The molecule has 2 N–H and O–H groups in total. The maximum Gasteiger partial charge on any atom is 0.330 e.